The van der Waals surface area contributed by atoms with Crippen molar-refractivity contribution in [3.63, 3.8) is 0 Å². The number of aromatic carboxylic acids is 1. The molecule has 98 valence electrons. The molecule has 0 aromatic carbocycles. The minimum absolute atomic E-state index is 0.405. The van der Waals surface area contributed by atoms with Gasteiger partial charge in [0, 0.05) is 24.8 Å². The number of hydrogen-bond acceptors (Lipinski definition) is 5. The van der Waals surface area contributed by atoms with Crippen LogP contribution in [0.25, 0.3) is 0 Å². The Kier molecular flexibility index (Phi) is 3.48. The van der Waals surface area contributed by atoms with E-state index in [0.717, 1.165) is 48.9 Å². The summed E-state index contributed by atoms with van der Waals surface area (Å²) in [5, 5.41) is 10.2. The van der Waals surface area contributed by atoms with E-state index >= 15 is 0 Å². The van der Waals surface area contributed by atoms with E-state index in [2.05, 4.69) is 9.88 Å². The summed E-state index contributed by atoms with van der Waals surface area (Å²) < 4.78 is 0. The van der Waals surface area contributed by atoms with E-state index in [1.54, 1.807) is 0 Å². The first-order chi connectivity index (χ1) is 8.75. The molecule has 2 fully saturated rings. The molecular weight excluding hydrogens is 268 g/mol. The zero-order valence-corrected chi connectivity index (χ0v) is 11.7. The third-order valence-electron chi connectivity index (χ3n) is 3.29. The normalized spacial score (nSPS) is 20.8. The number of hydrogen-bond donors (Lipinski definition) is 1. The number of carboxylic acid groups (broad SMARTS) is 1. The summed E-state index contributed by atoms with van der Waals surface area (Å²) in [7, 11) is 0. The maximum atomic E-state index is 11.3. The van der Waals surface area contributed by atoms with Crippen molar-refractivity contribution in [2.75, 3.05) is 29.5 Å². The van der Waals surface area contributed by atoms with Crippen molar-refractivity contribution < 1.29 is 9.90 Å². The van der Waals surface area contributed by atoms with Gasteiger partial charge < -0.3 is 10.0 Å². The van der Waals surface area contributed by atoms with Crippen LogP contribution in [-0.2, 0) is 0 Å². The summed E-state index contributed by atoms with van der Waals surface area (Å²) in [6, 6.07) is 0. The third-order valence-corrected chi connectivity index (χ3v) is 5.46. The maximum Gasteiger partial charge on any atom is 0.347 e. The molecule has 6 heteroatoms. The lowest BCUT2D eigenvalue weighted by atomic mass is 10.2. The number of thiazole rings is 1. The molecule has 1 aromatic rings. The molecular formula is C12H16N2O2S2. The molecule has 18 heavy (non-hydrogen) atoms. The lowest BCUT2D eigenvalue weighted by Gasteiger charge is -2.18. The smallest absolute Gasteiger partial charge is 0.347 e. The van der Waals surface area contributed by atoms with Crippen LogP contribution in [0.1, 0.15) is 40.5 Å². The standard InChI is InChI=1S/C12H16N2O2S2/c15-11(16)10-9(8-2-3-8)13-12(18-10)14-4-1-6-17-7-5-14/h8H,1-7H2,(H,15,16). The van der Waals surface area contributed by atoms with Crippen molar-refractivity contribution >= 4 is 34.2 Å². The molecule has 4 nitrogen and oxygen atoms in total. The van der Waals surface area contributed by atoms with Gasteiger partial charge in [-0.05, 0) is 25.0 Å². The lowest BCUT2D eigenvalue weighted by molar-refractivity contribution is 0.0700. The Labute approximate surface area is 114 Å². The van der Waals surface area contributed by atoms with Gasteiger partial charge in [0.15, 0.2) is 5.13 Å². The first-order valence-corrected chi connectivity index (χ1v) is 8.29. The van der Waals surface area contributed by atoms with Crippen molar-refractivity contribution in [3.8, 4) is 0 Å². The largest absolute Gasteiger partial charge is 0.477 e. The van der Waals surface area contributed by atoms with Crippen LogP contribution in [0.2, 0.25) is 0 Å². The maximum absolute atomic E-state index is 11.3. The number of aromatic nitrogens is 1. The van der Waals surface area contributed by atoms with E-state index in [-0.39, 0.29) is 0 Å². The van der Waals surface area contributed by atoms with Gasteiger partial charge in [0.1, 0.15) is 4.88 Å². The Morgan fingerprint density at radius 1 is 1.33 bits per heavy atom. The van der Waals surface area contributed by atoms with E-state index in [4.69, 9.17) is 0 Å². The number of carbonyl (C=O) groups is 1. The van der Waals surface area contributed by atoms with Crippen molar-refractivity contribution in [2.45, 2.75) is 25.2 Å². The highest BCUT2D eigenvalue weighted by molar-refractivity contribution is 7.99. The highest BCUT2D eigenvalue weighted by atomic mass is 32.2. The minimum atomic E-state index is -0.815. The Balaban J connectivity index is 1.86. The van der Waals surface area contributed by atoms with Crippen LogP contribution in [0, 0.1) is 0 Å². The number of rotatable bonds is 3. The first-order valence-electron chi connectivity index (χ1n) is 6.32. The summed E-state index contributed by atoms with van der Waals surface area (Å²) in [6.07, 6.45) is 3.35. The first kappa shape index (κ1) is 12.3. The minimum Gasteiger partial charge on any atom is -0.477 e. The third kappa shape index (κ3) is 2.49. The van der Waals surface area contributed by atoms with Gasteiger partial charge in [0.05, 0.1) is 5.69 Å². The second-order valence-corrected chi connectivity index (χ2v) is 6.95. The molecule has 2 heterocycles. The Bertz CT molecular complexity index is 449. The van der Waals surface area contributed by atoms with Crippen LogP contribution in [0.3, 0.4) is 0 Å². The molecule has 0 bridgehead atoms. The molecule has 0 radical (unpaired) electrons. The summed E-state index contributed by atoms with van der Waals surface area (Å²) in [6.45, 7) is 1.99. The Morgan fingerprint density at radius 3 is 2.89 bits per heavy atom. The number of thioether (sulfide) groups is 1. The highest BCUT2D eigenvalue weighted by Crippen LogP contribution is 2.44. The fourth-order valence-corrected chi connectivity index (χ4v) is 4.11. The van der Waals surface area contributed by atoms with Crippen LogP contribution in [0.4, 0.5) is 5.13 Å². The van der Waals surface area contributed by atoms with Gasteiger partial charge in [-0.2, -0.15) is 11.8 Å². The predicted octanol–water partition coefficient (Wildman–Crippen LogP) is 2.66. The van der Waals surface area contributed by atoms with E-state index in [9.17, 15) is 9.90 Å². The average Bonchev–Trinajstić information content (AvgIpc) is 3.14. The van der Waals surface area contributed by atoms with Gasteiger partial charge in [-0.3, -0.25) is 0 Å². The van der Waals surface area contributed by atoms with Gasteiger partial charge in [-0.25, -0.2) is 9.78 Å². The van der Waals surface area contributed by atoms with Crippen LogP contribution >= 0.6 is 23.1 Å². The van der Waals surface area contributed by atoms with Crippen LogP contribution in [-0.4, -0.2) is 40.7 Å². The van der Waals surface area contributed by atoms with Crippen LogP contribution in [0.5, 0.6) is 0 Å². The molecule has 1 saturated carbocycles. The van der Waals surface area contributed by atoms with E-state index in [0.29, 0.717) is 10.8 Å². The zero-order chi connectivity index (χ0) is 12.5. The number of nitrogens with zero attached hydrogens (tertiary/aromatic N) is 2. The molecule has 1 aromatic heterocycles. The SMILES string of the molecule is O=C(O)c1sc(N2CCCSCC2)nc1C1CC1. The molecule has 1 saturated heterocycles. The van der Waals surface area contributed by atoms with Crippen LogP contribution < -0.4 is 4.90 Å². The summed E-state index contributed by atoms with van der Waals surface area (Å²) >= 11 is 3.33. The second kappa shape index (κ2) is 5.09. The highest BCUT2D eigenvalue weighted by Gasteiger charge is 2.33. The number of carboxylic acids is 1. The Hall–Kier alpha value is -0.750. The summed E-state index contributed by atoms with van der Waals surface area (Å²) in [4.78, 5) is 18.6. The van der Waals surface area contributed by atoms with Crippen molar-refractivity contribution in [3.05, 3.63) is 10.6 Å². The summed E-state index contributed by atoms with van der Waals surface area (Å²) in [5.74, 6) is 1.90. The lowest BCUT2D eigenvalue weighted by Crippen LogP contribution is -2.25. The summed E-state index contributed by atoms with van der Waals surface area (Å²) in [5.41, 5.74) is 0.833. The van der Waals surface area contributed by atoms with Crippen molar-refractivity contribution in [1.29, 1.82) is 0 Å². The monoisotopic (exact) mass is 284 g/mol. The predicted molar refractivity (Wildman–Crippen MR) is 75.2 cm³/mol. The number of anilines is 1. The Morgan fingerprint density at radius 2 is 2.17 bits per heavy atom. The molecule has 1 aliphatic carbocycles. The van der Waals surface area contributed by atoms with Gasteiger partial charge in [-0.15, -0.1) is 0 Å². The quantitative estimate of drug-likeness (QED) is 0.925. The molecule has 0 unspecified atom stereocenters. The fraction of sp³-hybridized carbons (Fsp3) is 0.667. The molecule has 2 aliphatic rings. The molecule has 0 atom stereocenters. The van der Waals surface area contributed by atoms with Gasteiger partial charge >= 0.3 is 5.97 Å². The second-order valence-electron chi connectivity index (χ2n) is 4.74. The molecule has 0 spiro atoms. The molecule has 1 N–H and O–H groups in total. The van der Waals surface area contributed by atoms with E-state index in [1.165, 1.54) is 17.1 Å². The fourth-order valence-electron chi connectivity index (χ4n) is 2.18. The van der Waals surface area contributed by atoms with Crippen molar-refractivity contribution in [1.82, 2.24) is 4.98 Å². The van der Waals surface area contributed by atoms with Crippen molar-refractivity contribution in [2.24, 2.45) is 0 Å². The molecule has 0 amide bonds. The van der Waals surface area contributed by atoms with E-state index in [1.807, 2.05) is 11.8 Å². The average molecular weight is 284 g/mol. The topological polar surface area (TPSA) is 53.4 Å². The van der Waals surface area contributed by atoms with Gasteiger partial charge in [0.2, 0.25) is 0 Å². The van der Waals surface area contributed by atoms with Gasteiger partial charge in [0.25, 0.3) is 0 Å². The van der Waals surface area contributed by atoms with Crippen LogP contribution in [0.15, 0.2) is 0 Å². The van der Waals surface area contributed by atoms with E-state index < -0.39 is 5.97 Å². The molecule has 3 rings (SSSR count). The molecule has 1 aliphatic heterocycles. The van der Waals surface area contributed by atoms with Gasteiger partial charge in [-0.1, -0.05) is 11.3 Å². The zero-order valence-electron chi connectivity index (χ0n) is 10.1.